The van der Waals surface area contributed by atoms with Gasteiger partial charge in [0.2, 0.25) is 5.91 Å². The van der Waals surface area contributed by atoms with E-state index >= 15 is 0 Å². The summed E-state index contributed by atoms with van der Waals surface area (Å²) < 4.78 is 5.31. The van der Waals surface area contributed by atoms with Crippen LogP contribution >= 0.6 is 11.3 Å². The molecule has 7 heteroatoms. The zero-order chi connectivity index (χ0) is 22.5. The van der Waals surface area contributed by atoms with Gasteiger partial charge in [-0.15, -0.1) is 11.3 Å². The Balaban J connectivity index is 1.64. The molecular weight excluding hydrogens is 414 g/mol. The van der Waals surface area contributed by atoms with Crippen molar-refractivity contribution in [3.63, 3.8) is 0 Å². The van der Waals surface area contributed by atoms with Crippen molar-refractivity contribution < 1.29 is 24.2 Å². The van der Waals surface area contributed by atoms with Gasteiger partial charge in [-0.1, -0.05) is 32.9 Å². The minimum absolute atomic E-state index is 0.0583. The van der Waals surface area contributed by atoms with E-state index in [0.717, 1.165) is 29.7 Å². The molecule has 0 spiro atoms. The average molecular weight is 446 g/mol. The molecule has 1 heterocycles. The van der Waals surface area contributed by atoms with Gasteiger partial charge in [0.05, 0.1) is 24.0 Å². The Labute approximate surface area is 187 Å². The highest BCUT2D eigenvalue weighted by Crippen LogP contribution is 2.49. The lowest BCUT2D eigenvalue weighted by atomic mass is 9.72. The summed E-state index contributed by atoms with van der Waals surface area (Å²) in [5.41, 5.74) is 1.62. The van der Waals surface area contributed by atoms with Crippen LogP contribution in [0.25, 0.3) is 0 Å². The van der Waals surface area contributed by atoms with Gasteiger partial charge < -0.3 is 15.2 Å². The first-order chi connectivity index (χ1) is 14.6. The lowest BCUT2D eigenvalue weighted by molar-refractivity contribution is -0.146. The summed E-state index contributed by atoms with van der Waals surface area (Å²) in [6, 6.07) is 0. The quantitative estimate of drug-likeness (QED) is 0.513. The summed E-state index contributed by atoms with van der Waals surface area (Å²) in [6.07, 6.45) is 7.24. The SMILES string of the molecule is CCOC(=O)c1c(NC(=O)[C@H]2[C@@H](C(=O)O)[C@H]3C=C[C@H]2C3)sc2c1CC[C@@H](C(C)(C)C)C2. The van der Waals surface area contributed by atoms with Crippen LogP contribution in [-0.2, 0) is 27.2 Å². The highest BCUT2D eigenvalue weighted by atomic mass is 32.1. The number of amides is 1. The number of fused-ring (bicyclic) bond motifs is 3. The number of thiophene rings is 1. The predicted molar refractivity (Wildman–Crippen MR) is 119 cm³/mol. The zero-order valence-electron chi connectivity index (χ0n) is 18.6. The highest BCUT2D eigenvalue weighted by Gasteiger charge is 2.52. The van der Waals surface area contributed by atoms with Crippen LogP contribution in [0.1, 0.15) is 61.3 Å². The number of rotatable bonds is 5. The number of esters is 1. The number of carboxylic acid groups (broad SMARTS) is 1. The summed E-state index contributed by atoms with van der Waals surface area (Å²) in [5.74, 6) is -2.60. The van der Waals surface area contributed by atoms with Crippen molar-refractivity contribution >= 4 is 34.2 Å². The van der Waals surface area contributed by atoms with Crippen molar-refractivity contribution in [2.75, 3.05) is 11.9 Å². The Hall–Kier alpha value is -2.15. The number of carbonyl (C=O) groups excluding carboxylic acids is 2. The maximum absolute atomic E-state index is 13.2. The van der Waals surface area contributed by atoms with E-state index in [1.807, 2.05) is 12.2 Å². The largest absolute Gasteiger partial charge is 0.481 e. The van der Waals surface area contributed by atoms with Crippen LogP contribution in [0.3, 0.4) is 0 Å². The zero-order valence-corrected chi connectivity index (χ0v) is 19.4. The number of anilines is 1. The van der Waals surface area contributed by atoms with Gasteiger partial charge in [0.15, 0.2) is 0 Å². The van der Waals surface area contributed by atoms with Crippen LogP contribution in [0, 0.1) is 35.0 Å². The number of carboxylic acids is 1. The molecule has 0 radical (unpaired) electrons. The summed E-state index contributed by atoms with van der Waals surface area (Å²) >= 11 is 1.45. The lowest BCUT2D eigenvalue weighted by Gasteiger charge is -2.33. The van der Waals surface area contributed by atoms with Gasteiger partial charge in [-0.25, -0.2) is 4.79 Å². The molecule has 0 aromatic carbocycles. The van der Waals surface area contributed by atoms with Crippen LogP contribution in [0.4, 0.5) is 5.00 Å². The van der Waals surface area contributed by atoms with Crippen LogP contribution in [0.15, 0.2) is 12.2 Å². The van der Waals surface area contributed by atoms with Crippen LogP contribution in [0.5, 0.6) is 0 Å². The molecule has 1 aromatic rings. The second-order valence-corrected chi connectivity index (χ2v) is 11.2. The third-order valence-electron chi connectivity index (χ3n) is 7.25. The molecule has 1 aromatic heterocycles. The van der Waals surface area contributed by atoms with Gasteiger partial charge in [-0.05, 0) is 61.3 Å². The first-order valence-electron chi connectivity index (χ1n) is 11.2. The first kappa shape index (κ1) is 22.1. The predicted octanol–water partition coefficient (Wildman–Crippen LogP) is 4.54. The molecule has 1 saturated carbocycles. The minimum Gasteiger partial charge on any atom is -0.481 e. The van der Waals surface area contributed by atoms with E-state index in [1.54, 1.807) is 6.92 Å². The van der Waals surface area contributed by atoms with E-state index < -0.39 is 23.8 Å². The summed E-state index contributed by atoms with van der Waals surface area (Å²) in [4.78, 5) is 39.0. The molecule has 0 aliphatic heterocycles. The van der Waals surface area contributed by atoms with E-state index in [2.05, 4.69) is 26.1 Å². The summed E-state index contributed by atoms with van der Waals surface area (Å²) in [5, 5.41) is 13.2. The topological polar surface area (TPSA) is 92.7 Å². The Bertz CT molecular complexity index is 941. The fourth-order valence-electron chi connectivity index (χ4n) is 5.54. The smallest absolute Gasteiger partial charge is 0.341 e. The van der Waals surface area contributed by atoms with E-state index in [1.165, 1.54) is 11.3 Å². The van der Waals surface area contributed by atoms with Crippen LogP contribution in [-0.4, -0.2) is 29.6 Å². The lowest BCUT2D eigenvalue weighted by Crippen LogP contribution is -2.36. The van der Waals surface area contributed by atoms with Gasteiger partial charge in [0.25, 0.3) is 0 Å². The van der Waals surface area contributed by atoms with Gasteiger partial charge in [0.1, 0.15) is 5.00 Å². The molecule has 31 heavy (non-hydrogen) atoms. The fourth-order valence-corrected chi connectivity index (χ4v) is 6.86. The van der Waals surface area contributed by atoms with E-state index in [4.69, 9.17) is 4.74 Å². The molecule has 1 amide bonds. The molecule has 2 bridgehead atoms. The Morgan fingerprint density at radius 3 is 2.48 bits per heavy atom. The van der Waals surface area contributed by atoms with Gasteiger partial charge in [-0.2, -0.15) is 0 Å². The number of ether oxygens (including phenoxy) is 1. The fraction of sp³-hybridized carbons (Fsp3) is 0.625. The second kappa shape index (κ2) is 8.08. The standard InChI is InChI=1S/C24H31NO5S/c1-5-30-23(29)19-15-9-8-14(24(2,3)4)11-16(15)31-21(19)25-20(26)17-12-6-7-13(10-12)18(17)22(27)28/h6-7,12-14,17-18H,5,8-11H2,1-4H3,(H,25,26)(H,27,28)/t12-,13-,14+,17+,18-/m0/s1. The van der Waals surface area contributed by atoms with Gasteiger partial charge >= 0.3 is 11.9 Å². The minimum atomic E-state index is -0.930. The molecule has 3 aliphatic carbocycles. The number of allylic oxidation sites excluding steroid dienone is 2. The average Bonchev–Trinajstić information content (AvgIpc) is 3.38. The van der Waals surface area contributed by atoms with Crippen molar-refractivity contribution in [2.24, 2.45) is 35.0 Å². The van der Waals surface area contributed by atoms with Gasteiger partial charge in [0, 0.05) is 4.88 Å². The molecule has 2 N–H and O–H groups in total. The van der Waals surface area contributed by atoms with Crippen LogP contribution < -0.4 is 5.32 Å². The molecule has 5 atom stereocenters. The molecule has 168 valence electrons. The number of hydrogen-bond donors (Lipinski definition) is 2. The van der Waals surface area contributed by atoms with E-state index in [0.29, 0.717) is 22.9 Å². The molecular formula is C24H31NO5S. The first-order valence-corrected chi connectivity index (χ1v) is 12.0. The molecule has 4 rings (SSSR count). The number of hydrogen-bond acceptors (Lipinski definition) is 5. The maximum atomic E-state index is 13.2. The highest BCUT2D eigenvalue weighted by molar-refractivity contribution is 7.17. The molecule has 1 fully saturated rings. The number of carbonyl (C=O) groups is 3. The van der Waals surface area contributed by atoms with Crippen molar-refractivity contribution in [1.82, 2.24) is 0 Å². The molecule has 0 unspecified atom stereocenters. The van der Waals surface area contributed by atoms with Crippen molar-refractivity contribution in [3.8, 4) is 0 Å². The summed E-state index contributed by atoms with van der Waals surface area (Å²) in [7, 11) is 0. The molecule has 3 aliphatic rings. The van der Waals surface area contributed by atoms with Crippen molar-refractivity contribution in [1.29, 1.82) is 0 Å². The monoisotopic (exact) mass is 445 g/mol. The Morgan fingerprint density at radius 1 is 1.19 bits per heavy atom. The van der Waals surface area contributed by atoms with Crippen molar-refractivity contribution in [2.45, 2.75) is 53.4 Å². The maximum Gasteiger partial charge on any atom is 0.341 e. The van der Waals surface area contributed by atoms with E-state index in [-0.39, 0.29) is 29.8 Å². The number of aliphatic carboxylic acids is 1. The van der Waals surface area contributed by atoms with Gasteiger partial charge in [-0.3, -0.25) is 9.59 Å². The van der Waals surface area contributed by atoms with E-state index in [9.17, 15) is 19.5 Å². The summed E-state index contributed by atoms with van der Waals surface area (Å²) in [6.45, 7) is 8.74. The normalized spacial score (nSPS) is 29.0. The second-order valence-electron chi connectivity index (χ2n) is 10.1. The Kier molecular flexibility index (Phi) is 5.75. The van der Waals surface area contributed by atoms with Crippen molar-refractivity contribution in [3.05, 3.63) is 28.2 Å². The van der Waals surface area contributed by atoms with Crippen LogP contribution in [0.2, 0.25) is 0 Å². The number of nitrogens with one attached hydrogen (secondary N) is 1. The molecule has 0 saturated heterocycles. The third kappa shape index (κ3) is 3.93. The third-order valence-corrected chi connectivity index (χ3v) is 8.42. The molecule has 6 nitrogen and oxygen atoms in total. The Morgan fingerprint density at radius 2 is 1.87 bits per heavy atom.